The molecule has 4 heteroatoms. The summed E-state index contributed by atoms with van der Waals surface area (Å²) in [5.74, 6) is 0.0319. The van der Waals surface area contributed by atoms with Crippen molar-refractivity contribution in [2.45, 2.75) is 26.2 Å². The molecule has 0 heterocycles. The molecular formula is C17H20O4. The van der Waals surface area contributed by atoms with Gasteiger partial charge in [0, 0.05) is 5.92 Å². The van der Waals surface area contributed by atoms with Gasteiger partial charge in [0.2, 0.25) is 0 Å². The molecule has 0 spiro atoms. The molecule has 1 aliphatic rings. The van der Waals surface area contributed by atoms with Crippen LogP contribution in [-0.4, -0.2) is 26.0 Å². The third kappa shape index (κ3) is 2.46. The zero-order valence-corrected chi connectivity index (χ0v) is 12.8. The fourth-order valence-corrected chi connectivity index (χ4v) is 2.74. The first-order valence-electron chi connectivity index (χ1n) is 6.91. The predicted molar refractivity (Wildman–Crippen MR) is 79.2 cm³/mol. The van der Waals surface area contributed by atoms with Crippen LogP contribution in [-0.2, 0) is 14.3 Å². The Balaban J connectivity index is 2.34. The summed E-state index contributed by atoms with van der Waals surface area (Å²) in [4.78, 5) is 24.7. The summed E-state index contributed by atoms with van der Waals surface area (Å²) in [5.41, 5.74) is 0.495. The molecule has 1 saturated carbocycles. The molecule has 0 saturated heterocycles. The van der Waals surface area contributed by atoms with Gasteiger partial charge in [-0.05, 0) is 43.5 Å². The number of methoxy groups -OCH3 is 2. The molecule has 2 rings (SSSR count). The van der Waals surface area contributed by atoms with Crippen molar-refractivity contribution in [3.8, 4) is 5.75 Å². The number of hydrogen-bond acceptors (Lipinski definition) is 4. The molecule has 0 N–H and O–H groups in total. The van der Waals surface area contributed by atoms with Gasteiger partial charge >= 0.3 is 5.97 Å². The van der Waals surface area contributed by atoms with E-state index in [4.69, 9.17) is 9.47 Å². The van der Waals surface area contributed by atoms with Crippen LogP contribution in [0, 0.1) is 5.41 Å². The van der Waals surface area contributed by atoms with Crippen LogP contribution in [0.1, 0.15) is 31.7 Å². The van der Waals surface area contributed by atoms with E-state index in [2.05, 4.69) is 0 Å². The SMILES string of the molecule is C/C=C(\C)C(=O)C1(C(=O)OC)CC1c1ccc(OC)cc1. The van der Waals surface area contributed by atoms with Crippen molar-refractivity contribution in [3.05, 3.63) is 41.5 Å². The van der Waals surface area contributed by atoms with Gasteiger partial charge in [0.15, 0.2) is 5.78 Å². The van der Waals surface area contributed by atoms with Crippen LogP contribution >= 0.6 is 0 Å². The average molecular weight is 288 g/mol. The Morgan fingerprint density at radius 2 is 1.86 bits per heavy atom. The summed E-state index contributed by atoms with van der Waals surface area (Å²) >= 11 is 0. The molecule has 0 amide bonds. The van der Waals surface area contributed by atoms with Gasteiger partial charge in [-0.2, -0.15) is 0 Å². The van der Waals surface area contributed by atoms with E-state index in [1.807, 2.05) is 24.3 Å². The van der Waals surface area contributed by atoms with Gasteiger partial charge in [-0.25, -0.2) is 0 Å². The van der Waals surface area contributed by atoms with E-state index >= 15 is 0 Å². The van der Waals surface area contributed by atoms with E-state index in [0.29, 0.717) is 12.0 Å². The maximum atomic E-state index is 12.6. The second-order valence-corrected chi connectivity index (χ2v) is 5.29. The Morgan fingerprint density at radius 3 is 2.33 bits per heavy atom. The third-order valence-electron chi connectivity index (χ3n) is 4.23. The molecule has 4 nitrogen and oxygen atoms in total. The number of hydrogen-bond donors (Lipinski definition) is 0. The second-order valence-electron chi connectivity index (χ2n) is 5.29. The van der Waals surface area contributed by atoms with E-state index in [-0.39, 0.29) is 11.7 Å². The number of carbonyl (C=O) groups excluding carboxylic acids is 2. The summed E-state index contributed by atoms with van der Waals surface area (Å²) in [7, 11) is 2.93. The zero-order chi connectivity index (χ0) is 15.6. The maximum Gasteiger partial charge on any atom is 0.320 e. The fraction of sp³-hybridized carbons (Fsp3) is 0.412. The van der Waals surface area contributed by atoms with Gasteiger partial charge in [0.25, 0.3) is 0 Å². The molecule has 1 aromatic rings. The minimum atomic E-state index is -1.06. The molecule has 0 aliphatic heterocycles. The van der Waals surface area contributed by atoms with Crippen LogP contribution in [0.25, 0.3) is 0 Å². The van der Waals surface area contributed by atoms with Crippen molar-refractivity contribution in [2.24, 2.45) is 5.41 Å². The highest BCUT2D eigenvalue weighted by Crippen LogP contribution is 2.61. The van der Waals surface area contributed by atoms with Crippen molar-refractivity contribution in [1.29, 1.82) is 0 Å². The molecule has 1 fully saturated rings. The number of Topliss-reactive ketones (excluding diaryl/α,β-unsaturated/α-hetero) is 1. The van der Waals surface area contributed by atoms with E-state index < -0.39 is 11.4 Å². The van der Waals surface area contributed by atoms with Crippen molar-refractivity contribution in [2.75, 3.05) is 14.2 Å². The van der Waals surface area contributed by atoms with Crippen LogP contribution in [0.15, 0.2) is 35.9 Å². The predicted octanol–water partition coefficient (Wildman–Crippen LogP) is 2.88. The third-order valence-corrected chi connectivity index (χ3v) is 4.23. The molecule has 0 aromatic heterocycles. The molecule has 2 unspecified atom stereocenters. The average Bonchev–Trinajstić information content (AvgIpc) is 3.29. The van der Waals surface area contributed by atoms with Crippen molar-refractivity contribution >= 4 is 11.8 Å². The normalized spacial score (nSPS) is 24.4. The van der Waals surface area contributed by atoms with Crippen molar-refractivity contribution in [1.82, 2.24) is 0 Å². The number of allylic oxidation sites excluding steroid dienone is 2. The zero-order valence-electron chi connectivity index (χ0n) is 12.8. The molecule has 1 aliphatic carbocycles. The van der Waals surface area contributed by atoms with Gasteiger partial charge in [0.05, 0.1) is 14.2 Å². The second kappa shape index (κ2) is 5.72. The number of ether oxygens (including phenoxy) is 2. The van der Waals surface area contributed by atoms with E-state index in [9.17, 15) is 9.59 Å². The molecule has 2 atom stereocenters. The molecule has 1 aromatic carbocycles. The summed E-state index contributed by atoms with van der Waals surface area (Å²) in [6.45, 7) is 3.53. The lowest BCUT2D eigenvalue weighted by Crippen LogP contribution is -2.29. The number of ketones is 1. The van der Waals surface area contributed by atoms with Crippen molar-refractivity contribution in [3.63, 3.8) is 0 Å². The maximum absolute atomic E-state index is 12.6. The highest BCUT2D eigenvalue weighted by molar-refractivity contribution is 6.15. The lowest BCUT2D eigenvalue weighted by molar-refractivity contribution is -0.150. The van der Waals surface area contributed by atoms with Crippen LogP contribution in [0.4, 0.5) is 0 Å². The first-order valence-corrected chi connectivity index (χ1v) is 6.91. The Morgan fingerprint density at radius 1 is 1.24 bits per heavy atom. The largest absolute Gasteiger partial charge is 0.497 e. The minimum absolute atomic E-state index is 0.127. The molecule has 0 bridgehead atoms. The Labute approximate surface area is 124 Å². The molecule has 21 heavy (non-hydrogen) atoms. The topological polar surface area (TPSA) is 52.6 Å². The van der Waals surface area contributed by atoms with E-state index in [0.717, 1.165) is 11.3 Å². The smallest absolute Gasteiger partial charge is 0.320 e. The van der Waals surface area contributed by atoms with Crippen LogP contribution in [0.2, 0.25) is 0 Å². The standard InChI is InChI=1S/C17H20O4/c1-5-11(2)15(18)17(16(19)21-4)10-14(17)12-6-8-13(20-3)9-7-12/h5-9,14H,10H2,1-4H3/b11-5+. The summed E-state index contributed by atoms with van der Waals surface area (Å²) in [6, 6.07) is 7.46. The number of rotatable bonds is 5. The van der Waals surface area contributed by atoms with E-state index in [1.165, 1.54) is 7.11 Å². The van der Waals surface area contributed by atoms with Crippen molar-refractivity contribution < 1.29 is 19.1 Å². The van der Waals surface area contributed by atoms with Gasteiger partial charge in [-0.3, -0.25) is 9.59 Å². The highest BCUT2D eigenvalue weighted by atomic mass is 16.5. The number of carbonyl (C=O) groups is 2. The quantitative estimate of drug-likeness (QED) is 0.475. The van der Waals surface area contributed by atoms with Gasteiger partial charge in [0.1, 0.15) is 11.2 Å². The monoisotopic (exact) mass is 288 g/mol. The summed E-state index contributed by atoms with van der Waals surface area (Å²) in [6.07, 6.45) is 2.23. The van der Waals surface area contributed by atoms with Crippen LogP contribution < -0.4 is 4.74 Å². The minimum Gasteiger partial charge on any atom is -0.497 e. The highest BCUT2D eigenvalue weighted by Gasteiger charge is 2.66. The van der Waals surface area contributed by atoms with Gasteiger partial charge < -0.3 is 9.47 Å². The van der Waals surface area contributed by atoms with Gasteiger partial charge in [-0.1, -0.05) is 18.2 Å². The fourth-order valence-electron chi connectivity index (χ4n) is 2.74. The Hall–Kier alpha value is -2.10. The lowest BCUT2D eigenvalue weighted by atomic mass is 9.90. The number of esters is 1. The first-order chi connectivity index (χ1) is 10.0. The first kappa shape index (κ1) is 15.3. The molecular weight excluding hydrogens is 268 g/mol. The lowest BCUT2D eigenvalue weighted by Gasteiger charge is -2.14. The summed E-state index contributed by atoms with van der Waals surface area (Å²) < 4.78 is 10.0. The molecule has 112 valence electrons. The summed E-state index contributed by atoms with van der Waals surface area (Å²) in [5, 5.41) is 0. The Kier molecular flexibility index (Phi) is 4.16. The van der Waals surface area contributed by atoms with Crippen LogP contribution in [0.5, 0.6) is 5.75 Å². The van der Waals surface area contributed by atoms with E-state index in [1.54, 1.807) is 27.0 Å². The molecule has 0 radical (unpaired) electrons. The van der Waals surface area contributed by atoms with Crippen LogP contribution in [0.3, 0.4) is 0 Å². The number of benzene rings is 1. The van der Waals surface area contributed by atoms with Gasteiger partial charge in [-0.15, -0.1) is 0 Å². The Bertz CT molecular complexity index is 585.